The molecule has 2 aromatic rings. The normalized spacial score (nSPS) is 17.1. The number of aromatic nitrogens is 2. The van der Waals surface area contributed by atoms with Gasteiger partial charge in [-0.25, -0.2) is 9.99 Å². The van der Waals surface area contributed by atoms with Crippen molar-refractivity contribution in [2.75, 3.05) is 31.6 Å². The molecule has 0 bridgehead atoms. The lowest BCUT2D eigenvalue weighted by Gasteiger charge is -2.33. The Morgan fingerprint density at radius 2 is 1.91 bits per heavy atom. The van der Waals surface area contributed by atoms with Crippen molar-refractivity contribution in [3.63, 3.8) is 0 Å². The van der Waals surface area contributed by atoms with Crippen molar-refractivity contribution in [1.82, 2.24) is 15.0 Å². The van der Waals surface area contributed by atoms with Crippen LogP contribution in [0.4, 0.5) is 10.3 Å². The molecule has 0 radical (unpaired) electrons. The minimum Gasteiger partial charge on any atom is -0.460 e. The van der Waals surface area contributed by atoms with Gasteiger partial charge in [-0.15, -0.1) is 0 Å². The van der Waals surface area contributed by atoms with Gasteiger partial charge >= 0.3 is 0 Å². The number of rotatable bonds is 5. The number of hydrazone groups is 1. The SMILES string of the molecule is CC.CN.N#CCOc1nc(N2CCC(C(=O)N3N=CCC3c3ccccc3)CC2)ncc1F. The lowest BCUT2D eigenvalue weighted by atomic mass is 9.94. The number of nitrogens with zero attached hydrogens (tertiary/aromatic N) is 6. The molecular formula is C24H32FN7O2. The third-order valence-corrected chi connectivity index (χ3v) is 5.34. The summed E-state index contributed by atoms with van der Waals surface area (Å²) in [5, 5.41) is 14.5. The largest absolute Gasteiger partial charge is 0.460 e. The van der Waals surface area contributed by atoms with Crippen LogP contribution in [0.15, 0.2) is 41.6 Å². The molecule has 1 saturated heterocycles. The quantitative estimate of drug-likeness (QED) is 0.713. The molecule has 2 aliphatic rings. The Hall–Kier alpha value is -3.58. The summed E-state index contributed by atoms with van der Waals surface area (Å²) in [6, 6.07) is 11.6. The molecule has 10 heteroatoms. The van der Waals surface area contributed by atoms with Gasteiger partial charge in [-0.3, -0.25) is 4.79 Å². The van der Waals surface area contributed by atoms with Crippen LogP contribution in [-0.2, 0) is 4.79 Å². The van der Waals surface area contributed by atoms with E-state index in [-0.39, 0.29) is 30.4 Å². The van der Waals surface area contributed by atoms with Gasteiger partial charge in [0.2, 0.25) is 17.7 Å². The van der Waals surface area contributed by atoms with E-state index in [1.54, 1.807) is 17.3 Å². The second-order valence-electron chi connectivity index (χ2n) is 7.17. The van der Waals surface area contributed by atoms with Crippen molar-refractivity contribution in [2.24, 2.45) is 16.8 Å². The first kappa shape index (κ1) is 26.7. The molecule has 9 nitrogen and oxygen atoms in total. The van der Waals surface area contributed by atoms with E-state index >= 15 is 0 Å². The van der Waals surface area contributed by atoms with Crippen LogP contribution in [-0.4, -0.2) is 53.8 Å². The van der Waals surface area contributed by atoms with Gasteiger partial charge in [-0.1, -0.05) is 44.2 Å². The van der Waals surface area contributed by atoms with Crippen LogP contribution in [0.25, 0.3) is 0 Å². The summed E-state index contributed by atoms with van der Waals surface area (Å²) in [5.74, 6) is -0.737. The van der Waals surface area contributed by atoms with Crippen molar-refractivity contribution in [1.29, 1.82) is 5.26 Å². The highest BCUT2D eigenvalue weighted by Gasteiger charge is 2.35. The zero-order chi connectivity index (χ0) is 24.9. The second kappa shape index (κ2) is 13.9. The summed E-state index contributed by atoms with van der Waals surface area (Å²) in [4.78, 5) is 23.1. The zero-order valence-corrected chi connectivity index (χ0v) is 19.9. The van der Waals surface area contributed by atoms with Crippen LogP contribution in [0.1, 0.15) is 44.7 Å². The molecule has 2 aliphatic heterocycles. The Morgan fingerprint density at radius 1 is 1.24 bits per heavy atom. The number of amides is 1. The van der Waals surface area contributed by atoms with E-state index in [2.05, 4.69) is 20.8 Å². The summed E-state index contributed by atoms with van der Waals surface area (Å²) in [6.07, 6.45) is 4.79. The molecule has 0 aliphatic carbocycles. The molecule has 182 valence electrons. The lowest BCUT2D eigenvalue weighted by Crippen LogP contribution is -2.41. The number of benzene rings is 1. The molecule has 1 amide bonds. The predicted octanol–water partition coefficient (Wildman–Crippen LogP) is 3.29. The first-order valence-electron chi connectivity index (χ1n) is 11.4. The number of ether oxygens (including phenoxy) is 1. The van der Waals surface area contributed by atoms with E-state index in [0.717, 1.165) is 11.8 Å². The molecule has 2 N–H and O–H groups in total. The standard InChI is InChI=1S/C21H21FN6O2.C2H6.CH5N/c22-17-14-24-21(26-19(17)30-13-9-23)27-11-7-16(8-12-27)20(29)28-18(6-10-25-28)15-4-2-1-3-5-15;2*1-2/h1-5,10,14,16,18H,6-8,11-13H2;1-2H3;2H2,1H3. The summed E-state index contributed by atoms with van der Waals surface area (Å²) in [6.45, 7) is 4.84. The summed E-state index contributed by atoms with van der Waals surface area (Å²) in [7, 11) is 1.50. The molecule has 1 fully saturated rings. The van der Waals surface area contributed by atoms with Crippen molar-refractivity contribution < 1.29 is 13.9 Å². The third kappa shape index (κ3) is 6.48. The van der Waals surface area contributed by atoms with Gasteiger partial charge in [-0.2, -0.15) is 19.7 Å². The van der Waals surface area contributed by atoms with Crippen LogP contribution < -0.4 is 15.4 Å². The minimum atomic E-state index is -0.710. The van der Waals surface area contributed by atoms with Crippen LogP contribution in [0, 0.1) is 23.1 Å². The average molecular weight is 470 g/mol. The van der Waals surface area contributed by atoms with E-state index in [0.29, 0.717) is 38.3 Å². The lowest BCUT2D eigenvalue weighted by molar-refractivity contribution is -0.138. The van der Waals surface area contributed by atoms with Crippen LogP contribution in [0.3, 0.4) is 0 Å². The first-order chi connectivity index (χ1) is 16.7. The van der Waals surface area contributed by atoms with E-state index in [4.69, 9.17) is 10.00 Å². The fourth-order valence-corrected chi connectivity index (χ4v) is 3.79. The number of carbonyl (C=O) groups excluding carboxylic acids is 1. The van der Waals surface area contributed by atoms with E-state index < -0.39 is 5.82 Å². The van der Waals surface area contributed by atoms with Crippen molar-refractivity contribution >= 4 is 18.1 Å². The number of hydrogen-bond donors (Lipinski definition) is 1. The van der Waals surface area contributed by atoms with Gasteiger partial charge in [0, 0.05) is 31.6 Å². The molecular weight excluding hydrogens is 437 g/mol. The Kier molecular flexibility index (Phi) is 10.9. The molecule has 3 heterocycles. The Balaban J connectivity index is 0.000000970. The second-order valence-corrected chi connectivity index (χ2v) is 7.17. The molecule has 34 heavy (non-hydrogen) atoms. The number of hydrogen-bond acceptors (Lipinski definition) is 8. The highest BCUT2D eigenvalue weighted by molar-refractivity contribution is 5.82. The maximum absolute atomic E-state index is 13.7. The van der Waals surface area contributed by atoms with Crippen molar-refractivity contribution in [3.05, 3.63) is 47.9 Å². The van der Waals surface area contributed by atoms with Gasteiger partial charge in [0.1, 0.15) is 6.07 Å². The van der Waals surface area contributed by atoms with Crippen LogP contribution in [0.5, 0.6) is 5.88 Å². The highest BCUT2D eigenvalue weighted by atomic mass is 19.1. The van der Waals surface area contributed by atoms with Crippen LogP contribution in [0.2, 0.25) is 0 Å². The summed E-state index contributed by atoms with van der Waals surface area (Å²) >= 11 is 0. The third-order valence-electron chi connectivity index (χ3n) is 5.34. The molecule has 1 aromatic heterocycles. The molecule has 1 unspecified atom stereocenters. The van der Waals surface area contributed by atoms with E-state index in [1.807, 2.05) is 49.1 Å². The maximum atomic E-state index is 13.7. The van der Waals surface area contributed by atoms with Gasteiger partial charge in [0.15, 0.2) is 6.61 Å². The van der Waals surface area contributed by atoms with E-state index in [1.165, 1.54) is 7.05 Å². The topological polar surface area (TPSA) is 121 Å². The number of nitriles is 1. The van der Waals surface area contributed by atoms with Crippen LogP contribution >= 0.6 is 0 Å². The van der Waals surface area contributed by atoms with Crippen molar-refractivity contribution in [3.8, 4) is 11.9 Å². The first-order valence-corrected chi connectivity index (χ1v) is 11.4. The maximum Gasteiger partial charge on any atom is 0.256 e. The smallest absolute Gasteiger partial charge is 0.256 e. The Morgan fingerprint density at radius 3 is 2.56 bits per heavy atom. The molecule has 0 spiro atoms. The fourth-order valence-electron chi connectivity index (χ4n) is 3.79. The number of halogens is 1. The average Bonchev–Trinajstić information content (AvgIpc) is 3.41. The fraction of sp³-hybridized carbons (Fsp3) is 0.458. The number of nitrogens with two attached hydrogens (primary N) is 1. The molecule has 1 atom stereocenters. The summed E-state index contributed by atoms with van der Waals surface area (Å²) in [5.41, 5.74) is 5.57. The van der Waals surface area contributed by atoms with Gasteiger partial charge in [-0.05, 0) is 25.5 Å². The Labute approximate surface area is 200 Å². The number of carbonyl (C=O) groups is 1. The molecule has 1 aromatic carbocycles. The monoisotopic (exact) mass is 469 g/mol. The van der Waals surface area contributed by atoms with E-state index in [9.17, 15) is 9.18 Å². The molecule has 0 saturated carbocycles. The van der Waals surface area contributed by atoms with Crippen molar-refractivity contribution in [2.45, 2.75) is 39.2 Å². The summed E-state index contributed by atoms with van der Waals surface area (Å²) < 4.78 is 18.7. The highest BCUT2D eigenvalue weighted by Crippen LogP contribution is 2.32. The number of piperidine rings is 1. The van der Waals surface area contributed by atoms with Gasteiger partial charge in [0.05, 0.1) is 12.2 Å². The molecule has 4 rings (SSSR count). The zero-order valence-electron chi connectivity index (χ0n) is 19.9. The van der Waals surface area contributed by atoms with Gasteiger partial charge < -0.3 is 15.4 Å². The number of anilines is 1. The Bertz CT molecular complexity index is 973. The van der Waals surface area contributed by atoms with Gasteiger partial charge in [0.25, 0.3) is 5.88 Å². The predicted molar refractivity (Wildman–Crippen MR) is 129 cm³/mol. The minimum absolute atomic E-state index is 0.0234.